The Bertz CT molecular complexity index is 377. The van der Waals surface area contributed by atoms with Crippen molar-refractivity contribution in [1.82, 2.24) is 0 Å². The Kier molecular flexibility index (Phi) is 6.34. The van der Waals surface area contributed by atoms with E-state index in [0.29, 0.717) is 18.2 Å². The van der Waals surface area contributed by atoms with Gasteiger partial charge in [-0.25, -0.2) is 13.2 Å². The van der Waals surface area contributed by atoms with Crippen LogP contribution in [-0.2, 0) is 0 Å². The average molecular weight is 264 g/mol. The molecule has 0 N–H and O–H groups in total. The van der Waals surface area contributed by atoms with E-state index in [4.69, 9.17) is 0 Å². The normalized spacial score (nSPS) is 11.6. The van der Waals surface area contributed by atoms with Crippen molar-refractivity contribution in [2.24, 2.45) is 0 Å². The molecule has 0 atom stereocenters. The molecule has 0 aliphatic heterocycles. The van der Waals surface area contributed by atoms with Gasteiger partial charge in [0.25, 0.3) is 0 Å². The molecule has 82 valence electrons. The number of rotatable bonds is 2. The van der Waals surface area contributed by atoms with E-state index in [1.54, 1.807) is 0 Å². The molecular weight excluding hydrogens is 260 g/mol. The van der Waals surface area contributed by atoms with Crippen LogP contribution < -0.4 is 51.4 Å². The summed E-state index contributed by atoms with van der Waals surface area (Å²) < 4.78 is 72.7. The fraction of sp³-hybridized carbons (Fsp3) is 0. The van der Waals surface area contributed by atoms with E-state index in [9.17, 15) is 26.1 Å². The fourth-order valence-corrected chi connectivity index (χ4v) is 0.892. The van der Waals surface area contributed by atoms with Crippen LogP contribution in [0.15, 0.2) is 18.1 Å². The van der Waals surface area contributed by atoms with Crippen molar-refractivity contribution in [3.63, 3.8) is 0 Å². The molecule has 0 unspecified atom stereocenters. The minimum Gasteiger partial charge on any atom is -0.445 e. The third-order valence-corrected chi connectivity index (χ3v) is 1.51. The molecule has 0 saturated heterocycles. The molecule has 0 aliphatic rings. The summed E-state index contributed by atoms with van der Waals surface area (Å²) in [4.78, 5) is 0. The first-order chi connectivity index (χ1) is 6.79. The predicted molar refractivity (Wildman–Crippen MR) is 44.4 cm³/mol. The summed E-state index contributed by atoms with van der Waals surface area (Å²) in [5.74, 6) is -4.88. The SMILES string of the molecule is Fc1cc(/C=C/[B-](F)(F)F)cc(F)c1F.[K+]. The Morgan fingerprint density at radius 1 is 0.938 bits per heavy atom. The smallest absolute Gasteiger partial charge is 0.445 e. The molecule has 0 amide bonds. The van der Waals surface area contributed by atoms with E-state index in [-0.39, 0.29) is 62.9 Å². The molecule has 8 heteroatoms. The van der Waals surface area contributed by atoms with Crippen molar-refractivity contribution in [2.45, 2.75) is 0 Å². The van der Waals surface area contributed by atoms with Crippen LogP contribution in [0.3, 0.4) is 0 Å². The van der Waals surface area contributed by atoms with E-state index in [2.05, 4.69) is 0 Å². The van der Waals surface area contributed by atoms with Gasteiger partial charge < -0.3 is 12.9 Å². The van der Waals surface area contributed by atoms with Gasteiger partial charge in [-0.15, -0.1) is 5.98 Å². The van der Waals surface area contributed by atoms with Crippen LogP contribution in [0.4, 0.5) is 26.1 Å². The molecule has 0 nitrogen and oxygen atoms in total. The Morgan fingerprint density at radius 3 is 1.75 bits per heavy atom. The van der Waals surface area contributed by atoms with E-state index in [1.165, 1.54) is 0 Å². The van der Waals surface area contributed by atoms with Crippen molar-refractivity contribution < 1.29 is 77.5 Å². The first kappa shape index (κ1) is 16.2. The van der Waals surface area contributed by atoms with E-state index < -0.39 is 24.4 Å². The maximum absolute atomic E-state index is 12.5. The maximum atomic E-state index is 12.5. The van der Waals surface area contributed by atoms with Gasteiger partial charge in [0.05, 0.1) is 0 Å². The van der Waals surface area contributed by atoms with Gasteiger partial charge in [-0.05, 0) is 17.7 Å². The van der Waals surface area contributed by atoms with Gasteiger partial charge in [0.2, 0.25) is 0 Å². The monoisotopic (exact) mass is 264 g/mol. The second kappa shape index (κ2) is 6.25. The standard InChI is InChI=1S/C8H4BF6.K/c10-6-3-5(1-2-9(13,14)15)4-7(11)8(6)12;/h1-4H;/q-1;+1/b2-1+;. The van der Waals surface area contributed by atoms with Crippen LogP contribution in [0, 0.1) is 17.5 Å². The number of hydrogen-bond acceptors (Lipinski definition) is 0. The molecule has 0 aromatic heterocycles. The fourth-order valence-electron chi connectivity index (χ4n) is 0.892. The van der Waals surface area contributed by atoms with Crippen LogP contribution in [0.25, 0.3) is 6.08 Å². The second-order valence-corrected chi connectivity index (χ2v) is 2.78. The summed E-state index contributed by atoms with van der Waals surface area (Å²) in [6.45, 7) is -5.18. The van der Waals surface area contributed by atoms with E-state index in [0.717, 1.165) is 0 Å². The van der Waals surface area contributed by atoms with E-state index in [1.807, 2.05) is 0 Å². The second-order valence-electron chi connectivity index (χ2n) is 2.78. The predicted octanol–water partition coefficient (Wildman–Crippen LogP) is 0.508. The van der Waals surface area contributed by atoms with Crippen molar-refractivity contribution >= 4 is 13.1 Å². The van der Waals surface area contributed by atoms with Gasteiger partial charge in [-0.3, -0.25) is 0 Å². The summed E-state index contributed by atoms with van der Waals surface area (Å²) >= 11 is 0. The Balaban J connectivity index is 0.00000225. The average Bonchev–Trinajstić information content (AvgIpc) is 2.09. The quantitative estimate of drug-likeness (QED) is 0.415. The van der Waals surface area contributed by atoms with Crippen LogP contribution in [-0.4, -0.2) is 6.98 Å². The first-order valence-electron chi connectivity index (χ1n) is 3.83. The molecule has 0 radical (unpaired) electrons. The van der Waals surface area contributed by atoms with Crippen LogP contribution >= 0.6 is 0 Å². The molecule has 1 aromatic carbocycles. The van der Waals surface area contributed by atoms with Crippen molar-refractivity contribution in [3.05, 3.63) is 41.1 Å². The Morgan fingerprint density at radius 2 is 1.38 bits per heavy atom. The molecule has 0 fully saturated rings. The van der Waals surface area contributed by atoms with Gasteiger partial charge in [0.1, 0.15) is 0 Å². The molecule has 1 aromatic rings. The minimum absolute atomic E-state index is 0. The van der Waals surface area contributed by atoms with Crippen LogP contribution in [0.2, 0.25) is 0 Å². The summed E-state index contributed by atoms with van der Waals surface area (Å²) in [5, 5.41) is 0. The molecule has 0 heterocycles. The zero-order valence-corrected chi connectivity index (χ0v) is 11.3. The van der Waals surface area contributed by atoms with E-state index >= 15 is 0 Å². The molecule has 0 aliphatic carbocycles. The number of benzene rings is 1. The summed E-state index contributed by atoms with van der Waals surface area (Å²) in [5.41, 5.74) is -0.384. The van der Waals surface area contributed by atoms with Crippen molar-refractivity contribution in [3.8, 4) is 0 Å². The molecule has 0 saturated carbocycles. The molecule has 1 rings (SSSR count). The van der Waals surface area contributed by atoms with Gasteiger partial charge in [0, 0.05) is 0 Å². The largest absolute Gasteiger partial charge is 1.00 e. The van der Waals surface area contributed by atoms with Gasteiger partial charge in [0.15, 0.2) is 17.5 Å². The number of halogens is 6. The van der Waals surface area contributed by atoms with Crippen molar-refractivity contribution in [2.75, 3.05) is 0 Å². The molecule has 16 heavy (non-hydrogen) atoms. The Hall–Kier alpha value is 0.241. The van der Waals surface area contributed by atoms with Gasteiger partial charge in [-0.1, -0.05) is 6.08 Å². The summed E-state index contributed by atoms with van der Waals surface area (Å²) in [7, 11) is 0. The summed E-state index contributed by atoms with van der Waals surface area (Å²) in [6.07, 6.45) is 0.478. The first-order valence-corrected chi connectivity index (χ1v) is 3.83. The van der Waals surface area contributed by atoms with Crippen LogP contribution in [0.5, 0.6) is 0 Å². The maximum Gasteiger partial charge on any atom is 1.00 e. The topological polar surface area (TPSA) is 0 Å². The third-order valence-electron chi connectivity index (χ3n) is 1.51. The van der Waals surface area contributed by atoms with Gasteiger partial charge >= 0.3 is 58.4 Å². The third kappa shape index (κ3) is 5.05. The minimum atomic E-state index is -5.18. The van der Waals surface area contributed by atoms with Crippen LogP contribution in [0.1, 0.15) is 5.56 Å². The van der Waals surface area contributed by atoms with Crippen molar-refractivity contribution in [1.29, 1.82) is 0 Å². The zero-order valence-electron chi connectivity index (χ0n) is 8.15. The molecule has 0 spiro atoms. The van der Waals surface area contributed by atoms with Gasteiger partial charge in [-0.2, -0.15) is 0 Å². The zero-order chi connectivity index (χ0) is 11.6. The molecule has 0 bridgehead atoms. The Labute approximate surface area is 130 Å². The molecular formula is C8H4BF6K. The number of hydrogen-bond donors (Lipinski definition) is 0. The summed E-state index contributed by atoms with van der Waals surface area (Å²) in [6, 6.07) is 0.966.